The molecule has 0 bridgehead atoms. The van der Waals surface area contributed by atoms with Crippen molar-refractivity contribution in [1.29, 1.82) is 0 Å². The number of aliphatic imine (C=N–C) groups is 1. The molecule has 0 aromatic heterocycles. The quantitative estimate of drug-likeness (QED) is 0.546. The van der Waals surface area contributed by atoms with E-state index in [9.17, 15) is 9.18 Å². The Balaban J connectivity index is 2.42. The fourth-order valence-corrected chi connectivity index (χ4v) is 1.40. The molecule has 1 heterocycles. The van der Waals surface area contributed by atoms with Crippen LogP contribution in [0.2, 0.25) is 0 Å². The van der Waals surface area contributed by atoms with Crippen LogP contribution in [0, 0.1) is 5.82 Å². The van der Waals surface area contributed by atoms with E-state index in [1.54, 1.807) is 0 Å². The SMILES string of the molecule is O=C=NCc1ccc(F)c2c1OCCO2. The number of isocyanates is 1. The lowest BCUT2D eigenvalue weighted by Crippen LogP contribution is -2.17. The lowest BCUT2D eigenvalue weighted by Gasteiger charge is -2.20. The zero-order valence-electron chi connectivity index (χ0n) is 7.83. The molecule has 0 fully saturated rings. The van der Waals surface area contributed by atoms with Gasteiger partial charge in [0.15, 0.2) is 17.3 Å². The molecule has 0 saturated heterocycles. The summed E-state index contributed by atoms with van der Waals surface area (Å²) in [6, 6.07) is 2.78. The maximum atomic E-state index is 13.3. The number of rotatable bonds is 2. The Kier molecular flexibility index (Phi) is 2.65. The van der Waals surface area contributed by atoms with Gasteiger partial charge in [-0.3, -0.25) is 0 Å². The lowest BCUT2D eigenvalue weighted by molar-refractivity contribution is 0.163. The maximum absolute atomic E-state index is 13.3. The van der Waals surface area contributed by atoms with Crippen LogP contribution in [0.5, 0.6) is 11.5 Å². The van der Waals surface area contributed by atoms with E-state index in [4.69, 9.17) is 9.47 Å². The van der Waals surface area contributed by atoms with E-state index in [-0.39, 0.29) is 12.3 Å². The fourth-order valence-electron chi connectivity index (χ4n) is 1.40. The predicted molar refractivity (Wildman–Crippen MR) is 49.2 cm³/mol. The van der Waals surface area contributed by atoms with Gasteiger partial charge in [0.2, 0.25) is 6.08 Å². The normalized spacial score (nSPS) is 13.1. The number of carbonyl (C=O) groups excluding carboxylic acids is 1. The second-order valence-electron chi connectivity index (χ2n) is 2.97. The number of hydrogen-bond acceptors (Lipinski definition) is 4. The van der Waals surface area contributed by atoms with Gasteiger partial charge in [-0.1, -0.05) is 6.07 Å². The summed E-state index contributed by atoms with van der Waals surface area (Å²) >= 11 is 0. The molecule has 1 aromatic rings. The molecular formula is C10H8FNO3. The molecule has 1 aliphatic rings. The van der Waals surface area contributed by atoms with Crippen LogP contribution < -0.4 is 9.47 Å². The van der Waals surface area contributed by atoms with Crippen molar-refractivity contribution in [1.82, 2.24) is 0 Å². The number of fused-ring (bicyclic) bond motifs is 1. The molecule has 0 radical (unpaired) electrons. The Hall–Kier alpha value is -1.87. The predicted octanol–water partition coefficient (Wildman–Crippen LogP) is 1.43. The van der Waals surface area contributed by atoms with Crippen molar-refractivity contribution in [3.63, 3.8) is 0 Å². The van der Waals surface area contributed by atoms with Gasteiger partial charge in [0.25, 0.3) is 0 Å². The van der Waals surface area contributed by atoms with E-state index in [2.05, 4.69) is 4.99 Å². The van der Waals surface area contributed by atoms with Crippen molar-refractivity contribution in [3.05, 3.63) is 23.5 Å². The van der Waals surface area contributed by atoms with Crippen molar-refractivity contribution in [2.75, 3.05) is 13.2 Å². The zero-order chi connectivity index (χ0) is 10.7. The molecule has 5 heteroatoms. The molecule has 0 saturated carbocycles. The summed E-state index contributed by atoms with van der Waals surface area (Å²) in [5.74, 6) is -0.0383. The topological polar surface area (TPSA) is 47.9 Å². The third kappa shape index (κ3) is 1.82. The Labute approximate surface area is 85.3 Å². The van der Waals surface area contributed by atoms with Crippen LogP contribution in [0.4, 0.5) is 4.39 Å². The van der Waals surface area contributed by atoms with E-state index < -0.39 is 5.82 Å². The molecule has 0 spiro atoms. The first-order valence-corrected chi connectivity index (χ1v) is 4.43. The standard InChI is InChI=1S/C10H8FNO3/c11-8-2-1-7(5-12-6-13)9-10(8)15-4-3-14-9/h1-2H,3-5H2. The molecule has 78 valence electrons. The number of benzene rings is 1. The lowest BCUT2D eigenvalue weighted by atomic mass is 10.1. The van der Waals surface area contributed by atoms with Gasteiger partial charge in [0.05, 0.1) is 6.54 Å². The van der Waals surface area contributed by atoms with Crippen molar-refractivity contribution >= 4 is 6.08 Å². The smallest absolute Gasteiger partial charge is 0.235 e. The summed E-state index contributed by atoms with van der Waals surface area (Å²) in [4.78, 5) is 13.4. The van der Waals surface area contributed by atoms with Crippen LogP contribution in [0.3, 0.4) is 0 Å². The van der Waals surface area contributed by atoms with E-state index >= 15 is 0 Å². The molecular weight excluding hydrogens is 201 g/mol. The molecule has 0 N–H and O–H groups in total. The summed E-state index contributed by atoms with van der Waals surface area (Å²) in [7, 11) is 0. The van der Waals surface area contributed by atoms with Gasteiger partial charge in [-0.25, -0.2) is 14.2 Å². The second-order valence-corrected chi connectivity index (χ2v) is 2.97. The Morgan fingerprint density at radius 2 is 2.07 bits per heavy atom. The molecule has 15 heavy (non-hydrogen) atoms. The van der Waals surface area contributed by atoms with Crippen LogP contribution in [0.25, 0.3) is 0 Å². The van der Waals surface area contributed by atoms with Gasteiger partial charge in [0.1, 0.15) is 13.2 Å². The number of hydrogen-bond donors (Lipinski definition) is 0. The van der Waals surface area contributed by atoms with Crippen LogP contribution in [0.15, 0.2) is 17.1 Å². The molecule has 0 amide bonds. The Morgan fingerprint density at radius 3 is 2.80 bits per heavy atom. The highest BCUT2D eigenvalue weighted by Crippen LogP contribution is 2.36. The van der Waals surface area contributed by atoms with Gasteiger partial charge in [-0.05, 0) is 6.07 Å². The minimum Gasteiger partial charge on any atom is -0.486 e. The highest BCUT2D eigenvalue weighted by atomic mass is 19.1. The summed E-state index contributed by atoms with van der Waals surface area (Å²) in [6.07, 6.45) is 1.42. The average Bonchev–Trinajstić information content (AvgIpc) is 2.29. The molecule has 0 aliphatic carbocycles. The summed E-state index contributed by atoms with van der Waals surface area (Å²) in [5.41, 5.74) is 0.620. The monoisotopic (exact) mass is 209 g/mol. The molecule has 0 unspecified atom stereocenters. The van der Waals surface area contributed by atoms with Crippen LogP contribution in [-0.4, -0.2) is 19.3 Å². The van der Waals surface area contributed by atoms with E-state index in [1.165, 1.54) is 18.2 Å². The van der Waals surface area contributed by atoms with Crippen molar-refractivity contribution in [2.45, 2.75) is 6.54 Å². The Morgan fingerprint density at radius 1 is 1.33 bits per heavy atom. The van der Waals surface area contributed by atoms with Crippen molar-refractivity contribution < 1.29 is 18.7 Å². The highest BCUT2D eigenvalue weighted by Gasteiger charge is 2.19. The number of nitrogens with zero attached hydrogens (tertiary/aromatic N) is 1. The van der Waals surface area contributed by atoms with Crippen molar-refractivity contribution in [3.8, 4) is 11.5 Å². The van der Waals surface area contributed by atoms with E-state index in [0.717, 1.165) is 0 Å². The minimum absolute atomic E-state index is 0.0971. The number of ether oxygens (including phenoxy) is 2. The average molecular weight is 209 g/mol. The summed E-state index contributed by atoms with van der Waals surface area (Å²) in [5, 5.41) is 0. The van der Waals surface area contributed by atoms with Gasteiger partial charge in [-0.2, -0.15) is 0 Å². The largest absolute Gasteiger partial charge is 0.486 e. The third-order valence-electron chi connectivity index (χ3n) is 2.04. The Bertz CT molecular complexity index is 427. The van der Waals surface area contributed by atoms with Crippen LogP contribution in [0.1, 0.15) is 5.56 Å². The fraction of sp³-hybridized carbons (Fsp3) is 0.300. The van der Waals surface area contributed by atoms with Crippen LogP contribution in [-0.2, 0) is 11.3 Å². The molecule has 1 aromatic carbocycles. The zero-order valence-corrected chi connectivity index (χ0v) is 7.83. The van der Waals surface area contributed by atoms with Crippen molar-refractivity contribution in [2.24, 2.45) is 4.99 Å². The third-order valence-corrected chi connectivity index (χ3v) is 2.04. The molecule has 2 rings (SSSR count). The second kappa shape index (κ2) is 4.11. The first kappa shape index (κ1) is 9.68. The summed E-state index contributed by atoms with van der Waals surface area (Å²) in [6.45, 7) is 0.814. The summed E-state index contributed by atoms with van der Waals surface area (Å²) < 4.78 is 23.7. The highest BCUT2D eigenvalue weighted by molar-refractivity contribution is 5.49. The van der Waals surface area contributed by atoms with Gasteiger partial charge in [0, 0.05) is 5.56 Å². The number of halogens is 1. The van der Waals surface area contributed by atoms with Gasteiger partial charge in [-0.15, -0.1) is 0 Å². The van der Waals surface area contributed by atoms with Gasteiger partial charge < -0.3 is 9.47 Å². The molecule has 4 nitrogen and oxygen atoms in total. The minimum atomic E-state index is -0.469. The van der Waals surface area contributed by atoms with Crippen LogP contribution >= 0.6 is 0 Å². The maximum Gasteiger partial charge on any atom is 0.235 e. The van der Waals surface area contributed by atoms with E-state index in [0.29, 0.717) is 24.5 Å². The first-order chi connectivity index (χ1) is 7.33. The molecule has 1 aliphatic heterocycles. The molecule has 0 atom stereocenters. The first-order valence-electron chi connectivity index (χ1n) is 4.43. The van der Waals surface area contributed by atoms with E-state index in [1.807, 2.05) is 0 Å². The van der Waals surface area contributed by atoms with Gasteiger partial charge >= 0.3 is 0 Å².